The Morgan fingerprint density at radius 3 is 2.93 bits per heavy atom. The zero-order valence-corrected chi connectivity index (χ0v) is 9.13. The van der Waals surface area contributed by atoms with Gasteiger partial charge >= 0.3 is 5.97 Å². The fraction of sp³-hybridized carbons (Fsp3) is 0.400. The van der Waals surface area contributed by atoms with Gasteiger partial charge in [0.25, 0.3) is 0 Å². The Morgan fingerprint density at radius 1 is 1.79 bits per heavy atom. The molecule has 4 heteroatoms. The number of nitrogens with zero attached hydrogens (tertiary/aromatic N) is 1. The van der Waals surface area contributed by atoms with Crippen molar-refractivity contribution in [3.05, 3.63) is 22.4 Å². The fourth-order valence-corrected chi connectivity index (χ4v) is 1.91. The normalized spacial score (nSPS) is 14.4. The Bertz CT molecular complexity index is 321. The second-order valence-electron chi connectivity index (χ2n) is 2.93. The zero-order valence-electron chi connectivity index (χ0n) is 8.32. The molecule has 0 saturated heterocycles. The van der Waals surface area contributed by atoms with Crippen molar-refractivity contribution in [3.63, 3.8) is 0 Å². The second-order valence-corrected chi connectivity index (χ2v) is 3.88. The van der Waals surface area contributed by atoms with Crippen molar-refractivity contribution in [3.8, 4) is 0 Å². The molecule has 0 N–H and O–H groups in total. The molecule has 0 aliphatic carbocycles. The Balaban J connectivity index is 2.98. The van der Waals surface area contributed by atoms with Crippen LogP contribution in [-0.2, 0) is 15.1 Å². The van der Waals surface area contributed by atoms with E-state index in [1.54, 1.807) is 13.8 Å². The zero-order chi connectivity index (χ0) is 10.6. The molecule has 1 unspecified atom stereocenters. The number of hydrogen-bond acceptors (Lipinski definition) is 4. The minimum Gasteiger partial charge on any atom is -0.464 e. The van der Waals surface area contributed by atoms with E-state index in [0.29, 0.717) is 6.61 Å². The summed E-state index contributed by atoms with van der Waals surface area (Å²) in [5.41, 5.74) is -0.954. The topological polar surface area (TPSA) is 38.7 Å². The predicted octanol–water partition coefficient (Wildman–Crippen LogP) is 2.23. The highest BCUT2D eigenvalue weighted by molar-refractivity contribution is 7.10. The van der Waals surface area contributed by atoms with Gasteiger partial charge in [-0.1, -0.05) is 6.07 Å². The summed E-state index contributed by atoms with van der Waals surface area (Å²) < 4.78 is 4.96. The molecule has 14 heavy (non-hydrogen) atoms. The third-order valence-electron chi connectivity index (χ3n) is 1.99. The van der Waals surface area contributed by atoms with Crippen LogP contribution < -0.4 is 0 Å². The highest BCUT2D eigenvalue weighted by Crippen LogP contribution is 2.30. The van der Waals surface area contributed by atoms with E-state index in [1.807, 2.05) is 17.5 Å². The average Bonchev–Trinajstić information content (AvgIpc) is 2.70. The number of carbonyl (C=O) groups excluding carboxylic acids is 1. The molecule has 1 aromatic rings. The highest BCUT2D eigenvalue weighted by atomic mass is 32.1. The lowest BCUT2D eigenvalue weighted by atomic mass is 10.0. The molecule has 3 nitrogen and oxygen atoms in total. The first-order valence-corrected chi connectivity index (χ1v) is 5.22. The molecule has 1 atom stereocenters. The van der Waals surface area contributed by atoms with Gasteiger partial charge in [-0.25, -0.2) is 4.79 Å². The third kappa shape index (κ3) is 1.85. The highest BCUT2D eigenvalue weighted by Gasteiger charge is 2.36. The van der Waals surface area contributed by atoms with E-state index < -0.39 is 5.54 Å². The number of thiophene rings is 1. The molecule has 0 bridgehead atoms. The molecule has 1 heterocycles. The summed E-state index contributed by atoms with van der Waals surface area (Å²) in [6.07, 6.45) is 0. The molecule has 0 aliphatic heterocycles. The molecule has 0 aliphatic rings. The molecule has 0 fully saturated rings. The predicted molar refractivity (Wildman–Crippen MR) is 57.9 cm³/mol. The Morgan fingerprint density at radius 2 is 2.50 bits per heavy atom. The van der Waals surface area contributed by atoms with Crippen LogP contribution in [0, 0.1) is 0 Å². The standard InChI is InChI=1S/C10H13NO2S/c1-4-13-9(12)10(2,11-3)8-6-5-7-14-8/h5-7H,3-4H2,1-2H3. The number of esters is 1. The first-order chi connectivity index (χ1) is 6.65. The number of aliphatic imine (C=N–C) groups is 1. The van der Waals surface area contributed by atoms with Gasteiger partial charge in [0.2, 0.25) is 0 Å². The van der Waals surface area contributed by atoms with Gasteiger partial charge in [0.05, 0.1) is 6.61 Å². The van der Waals surface area contributed by atoms with Gasteiger partial charge in [0.15, 0.2) is 5.54 Å². The third-order valence-corrected chi connectivity index (χ3v) is 3.07. The van der Waals surface area contributed by atoms with E-state index in [9.17, 15) is 4.79 Å². The number of rotatable bonds is 4. The summed E-state index contributed by atoms with van der Waals surface area (Å²) in [6, 6.07) is 3.74. The van der Waals surface area contributed by atoms with Crippen molar-refractivity contribution >= 4 is 24.0 Å². The second kappa shape index (κ2) is 4.37. The quantitative estimate of drug-likeness (QED) is 0.566. The SMILES string of the molecule is C=NC(C)(C(=O)OCC)c1cccs1. The van der Waals surface area contributed by atoms with E-state index in [4.69, 9.17) is 4.74 Å². The van der Waals surface area contributed by atoms with Crippen molar-refractivity contribution in [1.82, 2.24) is 0 Å². The number of carbonyl (C=O) groups is 1. The van der Waals surface area contributed by atoms with Crippen molar-refractivity contribution in [2.75, 3.05) is 6.61 Å². The van der Waals surface area contributed by atoms with Crippen LogP contribution in [0.25, 0.3) is 0 Å². The number of ether oxygens (including phenoxy) is 1. The van der Waals surface area contributed by atoms with E-state index in [-0.39, 0.29) is 5.97 Å². The van der Waals surface area contributed by atoms with Crippen molar-refractivity contribution in [2.24, 2.45) is 4.99 Å². The molecule has 1 aromatic heterocycles. The van der Waals surface area contributed by atoms with Gasteiger partial charge in [-0.15, -0.1) is 11.3 Å². The molecule has 0 aromatic carbocycles. The monoisotopic (exact) mass is 211 g/mol. The summed E-state index contributed by atoms with van der Waals surface area (Å²) in [5.74, 6) is -0.350. The lowest BCUT2D eigenvalue weighted by Gasteiger charge is -2.20. The molecule has 76 valence electrons. The molecule has 0 radical (unpaired) electrons. The van der Waals surface area contributed by atoms with E-state index in [1.165, 1.54) is 11.3 Å². The van der Waals surface area contributed by atoms with Gasteiger partial charge < -0.3 is 4.74 Å². The molecular formula is C10H13NO2S. The van der Waals surface area contributed by atoms with Crippen LogP contribution in [0.4, 0.5) is 0 Å². The number of hydrogen-bond donors (Lipinski definition) is 0. The van der Waals surface area contributed by atoms with Gasteiger partial charge in [-0.05, 0) is 32.0 Å². The summed E-state index contributed by atoms with van der Waals surface area (Å²) in [4.78, 5) is 16.4. The van der Waals surface area contributed by atoms with Gasteiger partial charge in [-0.2, -0.15) is 0 Å². The van der Waals surface area contributed by atoms with Gasteiger partial charge in [0.1, 0.15) is 0 Å². The van der Waals surface area contributed by atoms with Crippen LogP contribution in [0.5, 0.6) is 0 Å². The average molecular weight is 211 g/mol. The van der Waals surface area contributed by atoms with Crippen LogP contribution in [0.2, 0.25) is 0 Å². The smallest absolute Gasteiger partial charge is 0.339 e. The van der Waals surface area contributed by atoms with E-state index in [0.717, 1.165) is 4.88 Å². The van der Waals surface area contributed by atoms with E-state index >= 15 is 0 Å². The lowest BCUT2D eigenvalue weighted by molar-refractivity contribution is -0.149. The van der Waals surface area contributed by atoms with Gasteiger partial charge in [-0.3, -0.25) is 4.99 Å². The van der Waals surface area contributed by atoms with Crippen LogP contribution in [-0.4, -0.2) is 19.3 Å². The van der Waals surface area contributed by atoms with Crippen molar-refractivity contribution in [2.45, 2.75) is 19.4 Å². The fourth-order valence-electron chi connectivity index (χ4n) is 1.07. The maximum atomic E-state index is 11.6. The largest absolute Gasteiger partial charge is 0.464 e. The van der Waals surface area contributed by atoms with Crippen LogP contribution in [0.3, 0.4) is 0 Å². The maximum Gasteiger partial charge on any atom is 0.339 e. The molecule has 0 spiro atoms. The Kier molecular flexibility index (Phi) is 3.41. The Labute approximate surface area is 87.4 Å². The maximum absolute atomic E-state index is 11.6. The van der Waals surface area contributed by atoms with Gasteiger partial charge in [0, 0.05) is 4.88 Å². The van der Waals surface area contributed by atoms with Crippen LogP contribution in [0.1, 0.15) is 18.7 Å². The lowest BCUT2D eigenvalue weighted by Crippen LogP contribution is -2.31. The summed E-state index contributed by atoms with van der Waals surface area (Å²) in [6.45, 7) is 7.29. The molecule has 1 rings (SSSR count). The Hall–Kier alpha value is -1.16. The van der Waals surface area contributed by atoms with Crippen molar-refractivity contribution in [1.29, 1.82) is 0 Å². The van der Waals surface area contributed by atoms with E-state index in [2.05, 4.69) is 11.7 Å². The summed E-state index contributed by atoms with van der Waals surface area (Å²) in [5, 5.41) is 1.90. The molecule has 0 saturated carbocycles. The van der Waals surface area contributed by atoms with Crippen LogP contribution in [0.15, 0.2) is 22.5 Å². The van der Waals surface area contributed by atoms with Crippen LogP contribution >= 0.6 is 11.3 Å². The minimum atomic E-state index is -0.954. The van der Waals surface area contributed by atoms with Crippen molar-refractivity contribution < 1.29 is 9.53 Å². The molecular weight excluding hydrogens is 198 g/mol. The first kappa shape index (κ1) is 10.9. The first-order valence-electron chi connectivity index (χ1n) is 4.34. The summed E-state index contributed by atoms with van der Waals surface area (Å²) in [7, 11) is 0. The molecule has 0 amide bonds. The minimum absolute atomic E-state index is 0.350. The summed E-state index contributed by atoms with van der Waals surface area (Å²) >= 11 is 1.47.